The van der Waals surface area contributed by atoms with Crippen molar-refractivity contribution < 1.29 is 4.74 Å². The van der Waals surface area contributed by atoms with E-state index >= 15 is 0 Å². The number of fused-ring (bicyclic) bond motifs is 3. The fourth-order valence-corrected chi connectivity index (χ4v) is 4.73. The summed E-state index contributed by atoms with van der Waals surface area (Å²) in [4.78, 5) is 14.3. The lowest BCUT2D eigenvalue weighted by molar-refractivity contribution is 0.136. The largest absolute Gasteiger partial charge is 0.468 e. The maximum atomic E-state index is 6.53. The Morgan fingerprint density at radius 1 is 1.17 bits per heavy atom. The molecule has 2 unspecified atom stereocenters. The molecule has 2 aromatic carbocycles. The molecule has 0 aromatic heterocycles. The number of methoxy groups -OCH3 is 1. The van der Waals surface area contributed by atoms with Crippen LogP contribution in [0.2, 0.25) is 5.02 Å². The Morgan fingerprint density at radius 3 is 2.86 bits per heavy atom. The molecule has 0 radical (unpaired) electrons. The minimum Gasteiger partial charge on any atom is -0.468 e. The first-order valence-corrected chi connectivity index (χ1v) is 10.4. The Morgan fingerprint density at radius 2 is 2.00 bits per heavy atom. The lowest BCUT2D eigenvalue weighted by Crippen LogP contribution is -2.54. The second-order valence-corrected chi connectivity index (χ2v) is 7.95. The van der Waals surface area contributed by atoms with E-state index in [1.54, 1.807) is 7.11 Å². The molecule has 0 amide bonds. The first-order chi connectivity index (χ1) is 14.3. The van der Waals surface area contributed by atoms with Crippen LogP contribution in [0, 0.1) is 0 Å². The summed E-state index contributed by atoms with van der Waals surface area (Å²) < 4.78 is 5.66. The van der Waals surface area contributed by atoms with Gasteiger partial charge < -0.3 is 10.1 Å². The van der Waals surface area contributed by atoms with Gasteiger partial charge in [0.05, 0.1) is 25.4 Å². The fourth-order valence-electron chi connectivity index (χ4n) is 4.47. The highest BCUT2D eigenvalue weighted by Gasteiger charge is 2.39. The summed E-state index contributed by atoms with van der Waals surface area (Å²) in [6.07, 6.45) is 0. The molecule has 3 heterocycles. The summed E-state index contributed by atoms with van der Waals surface area (Å²) >= 11 is 6.53. The third-order valence-corrected chi connectivity index (χ3v) is 6.20. The normalized spacial score (nSPS) is 23.9. The average molecular weight is 410 g/mol. The van der Waals surface area contributed by atoms with Crippen molar-refractivity contribution in [2.75, 3.05) is 39.8 Å². The summed E-state index contributed by atoms with van der Waals surface area (Å²) in [5, 5.41) is 4.33. The highest BCUT2D eigenvalue weighted by Crippen LogP contribution is 2.33. The summed E-state index contributed by atoms with van der Waals surface area (Å²) in [7, 11) is 1.68. The number of hydrogen-bond acceptors (Lipinski definition) is 6. The topological polar surface area (TPSA) is 52.5 Å². The molecular formula is C22H24ClN5O. The third-order valence-electron chi connectivity index (χ3n) is 5.86. The van der Waals surface area contributed by atoms with Crippen LogP contribution in [0.4, 0.5) is 5.69 Å². The Hall–Kier alpha value is -2.41. The molecule has 2 atom stereocenters. The van der Waals surface area contributed by atoms with Crippen LogP contribution in [0.25, 0.3) is 0 Å². The van der Waals surface area contributed by atoms with Gasteiger partial charge in [-0.2, -0.15) is 4.99 Å². The van der Waals surface area contributed by atoms with Gasteiger partial charge in [0.25, 0.3) is 6.02 Å². The Balaban J connectivity index is 1.42. The second kappa shape index (κ2) is 7.78. The molecule has 0 spiro atoms. The molecule has 0 aliphatic carbocycles. The van der Waals surface area contributed by atoms with Crippen LogP contribution in [0.5, 0.6) is 0 Å². The summed E-state index contributed by atoms with van der Waals surface area (Å²) in [5.74, 6) is 0.960. The number of benzene rings is 2. The minimum absolute atomic E-state index is 0.181. The van der Waals surface area contributed by atoms with Crippen molar-refractivity contribution in [2.24, 2.45) is 9.98 Å². The molecule has 1 saturated heterocycles. The van der Waals surface area contributed by atoms with Crippen LogP contribution < -0.4 is 5.32 Å². The average Bonchev–Trinajstić information content (AvgIpc) is 3.18. The number of para-hydroxylation sites is 1. The third kappa shape index (κ3) is 3.31. The zero-order chi connectivity index (χ0) is 19.8. The highest BCUT2D eigenvalue weighted by atomic mass is 35.5. The van der Waals surface area contributed by atoms with E-state index in [4.69, 9.17) is 26.3 Å². The maximum Gasteiger partial charge on any atom is 0.298 e. The zero-order valence-corrected chi connectivity index (χ0v) is 17.1. The standard InChI is InChI=1S/C22H24ClN5O/c1-29-22-26-19-9-5-3-7-17(19)21-25-12-15(28(21)22)14-27-11-10-24-13-20(27)16-6-2-4-8-18(16)23/h2-9,15,20,24H,10-14H2,1H3. The molecule has 0 saturated carbocycles. The van der Waals surface area contributed by atoms with Crippen molar-refractivity contribution >= 4 is 29.1 Å². The summed E-state index contributed by atoms with van der Waals surface area (Å²) in [6.45, 7) is 4.42. The SMILES string of the molecule is COC1=Nc2ccccc2C2=NCC(CN3CCNCC3c3ccccc3Cl)N12. The van der Waals surface area contributed by atoms with E-state index in [0.717, 1.165) is 54.8 Å². The number of nitrogens with zero attached hydrogens (tertiary/aromatic N) is 4. The monoisotopic (exact) mass is 409 g/mol. The van der Waals surface area contributed by atoms with Gasteiger partial charge in [0, 0.05) is 42.8 Å². The van der Waals surface area contributed by atoms with Crippen molar-refractivity contribution in [1.82, 2.24) is 15.1 Å². The van der Waals surface area contributed by atoms with Gasteiger partial charge in [0.2, 0.25) is 0 Å². The number of ether oxygens (including phenoxy) is 1. The smallest absolute Gasteiger partial charge is 0.298 e. The van der Waals surface area contributed by atoms with Crippen molar-refractivity contribution in [3.05, 3.63) is 64.7 Å². The van der Waals surface area contributed by atoms with E-state index in [1.165, 1.54) is 5.56 Å². The molecule has 2 aromatic rings. The molecular weight excluding hydrogens is 386 g/mol. The van der Waals surface area contributed by atoms with Crippen LogP contribution in [0.1, 0.15) is 17.2 Å². The Kier molecular flexibility index (Phi) is 4.99. The fraction of sp³-hybridized carbons (Fsp3) is 0.364. The van der Waals surface area contributed by atoms with Gasteiger partial charge in [-0.3, -0.25) is 14.8 Å². The number of halogens is 1. The van der Waals surface area contributed by atoms with Gasteiger partial charge in [-0.1, -0.05) is 41.9 Å². The van der Waals surface area contributed by atoms with Crippen molar-refractivity contribution in [3.8, 4) is 0 Å². The van der Waals surface area contributed by atoms with Gasteiger partial charge in [-0.25, -0.2) is 0 Å². The highest BCUT2D eigenvalue weighted by molar-refractivity contribution is 6.31. The van der Waals surface area contributed by atoms with Crippen molar-refractivity contribution in [1.29, 1.82) is 0 Å². The van der Waals surface area contributed by atoms with E-state index in [9.17, 15) is 0 Å². The number of hydrogen-bond donors (Lipinski definition) is 1. The van der Waals surface area contributed by atoms with Gasteiger partial charge in [-0.15, -0.1) is 0 Å². The van der Waals surface area contributed by atoms with Crippen LogP contribution in [-0.2, 0) is 4.74 Å². The predicted molar refractivity (Wildman–Crippen MR) is 116 cm³/mol. The molecule has 3 aliphatic heterocycles. The van der Waals surface area contributed by atoms with Gasteiger partial charge >= 0.3 is 0 Å². The number of aliphatic imine (C=N–C) groups is 2. The van der Waals surface area contributed by atoms with E-state index < -0.39 is 0 Å². The van der Waals surface area contributed by atoms with Gasteiger partial charge in [-0.05, 0) is 23.8 Å². The van der Waals surface area contributed by atoms with Crippen LogP contribution >= 0.6 is 11.6 Å². The number of nitrogens with one attached hydrogen (secondary N) is 1. The zero-order valence-electron chi connectivity index (χ0n) is 16.4. The second-order valence-electron chi connectivity index (χ2n) is 7.54. The van der Waals surface area contributed by atoms with Crippen LogP contribution in [0.15, 0.2) is 58.5 Å². The predicted octanol–water partition coefficient (Wildman–Crippen LogP) is 3.06. The molecule has 29 heavy (non-hydrogen) atoms. The van der Waals surface area contributed by atoms with E-state index in [0.29, 0.717) is 6.02 Å². The van der Waals surface area contributed by atoms with E-state index in [-0.39, 0.29) is 12.1 Å². The first kappa shape index (κ1) is 18.6. The molecule has 3 aliphatic rings. The number of piperazine rings is 1. The molecule has 6 nitrogen and oxygen atoms in total. The van der Waals surface area contributed by atoms with Crippen LogP contribution in [-0.4, -0.2) is 67.5 Å². The molecule has 7 heteroatoms. The molecule has 5 rings (SSSR count). The Bertz CT molecular complexity index is 975. The van der Waals surface area contributed by atoms with Crippen LogP contribution in [0.3, 0.4) is 0 Å². The molecule has 150 valence electrons. The van der Waals surface area contributed by atoms with E-state index in [1.807, 2.05) is 30.3 Å². The van der Waals surface area contributed by atoms with E-state index in [2.05, 4.69) is 33.3 Å². The van der Waals surface area contributed by atoms with Crippen molar-refractivity contribution in [2.45, 2.75) is 12.1 Å². The molecule has 1 N–H and O–H groups in total. The lowest BCUT2D eigenvalue weighted by Gasteiger charge is -2.40. The van der Waals surface area contributed by atoms with Gasteiger partial charge in [0.1, 0.15) is 5.84 Å². The lowest BCUT2D eigenvalue weighted by atomic mass is 10.0. The van der Waals surface area contributed by atoms with Gasteiger partial charge in [0.15, 0.2) is 0 Å². The first-order valence-electron chi connectivity index (χ1n) is 10.0. The molecule has 1 fully saturated rings. The maximum absolute atomic E-state index is 6.53. The minimum atomic E-state index is 0.181. The summed E-state index contributed by atoms with van der Waals surface area (Å²) in [6, 6.07) is 17.3. The number of rotatable bonds is 3. The summed E-state index contributed by atoms with van der Waals surface area (Å²) in [5.41, 5.74) is 3.15. The molecule has 0 bridgehead atoms. The number of amidine groups is 2. The van der Waals surface area contributed by atoms with Crippen molar-refractivity contribution in [3.63, 3.8) is 0 Å². The quantitative estimate of drug-likeness (QED) is 0.846. The Labute approximate surface area is 175 Å².